The van der Waals surface area contributed by atoms with Crippen LogP contribution in [0.25, 0.3) is 5.57 Å². The van der Waals surface area contributed by atoms with Crippen LogP contribution in [0.5, 0.6) is 0 Å². The molecule has 0 radical (unpaired) electrons. The number of carbonyl (C=O) groups is 2. The number of sulfonamides is 1. The monoisotopic (exact) mass is 553 g/mol. The molecule has 7 nitrogen and oxygen atoms in total. The van der Waals surface area contributed by atoms with E-state index >= 15 is 4.39 Å². The predicted octanol–water partition coefficient (Wildman–Crippen LogP) is 4.98. The molecule has 1 unspecified atom stereocenters. The number of hydrogen-bond donors (Lipinski definition) is 0. The van der Waals surface area contributed by atoms with E-state index < -0.39 is 27.8 Å². The molecule has 1 aromatic carbocycles. The quantitative estimate of drug-likeness (QED) is 0.484. The average Bonchev–Trinajstić information content (AvgIpc) is 3.56. The Morgan fingerprint density at radius 3 is 2.44 bits per heavy atom. The molecular weight excluding hydrogens is 525 g/mol. The van der Waals surface area contributed by atoms with E-state index in [1.54, 1.807) is 33.2 Å². The van der Waals surface area contributed by atoms with Crippen molar-refractivity contribution in [1.82, 2.24) is 9.21 Å². The molecule has 4 rings (SSSR count). The van der Waals surface area contributed by atoms with Crippen LogP contribution in [0.2, 0.25) is 4.34 Å². The van der Waals surface area contributed by atoms with Crippen LogP contribution in [-0.2, 0) is 14.8 Å². The molecule has 0 spiro atoms. The predicted molar refractivity (Wildman–Crippen MR) is 141 cm³/mol. The largest absolute Gasteiger partial charge is 0.345 e. The van der Waals surface area contributed by atoms with Gasteiger partial charge in [0.25, 0.3) is 5.91 Å². The number of amides is 2. The highest BCUT2D eigenvalue weighted by molar-refractivity contribution is 7.92. The second kappa shape index (κ2) is 10.6. The molecule has 11 heteroatoms. The zero-order chi connectivity index (χ0) is 26.2. The number of rotatable bonds is 7. The highest BCUT2D eigenvalue weighted by atomic mass is 35.5. The molecule has 0 bridgehead atoms. The van der Waals surface area contributed by atoms with Crippen LogP contribution in [0.4, 0.5) is 10.1 Å². The van der Waals surface area contributed by atoms with Gasteiger partial charge in [-0.2, -0.15) is 4.31 Å². The molecular formula is C25H29ClFN3O4S2. The maximum absolute atomic E-state index is 15.0. The maximum Gasteiger partial charge on any atom is 0.253 e. The Bertz CT molecular complexity index is 1300. The van der Waals surface area contributed by atoms with E-state index in [1.165, 1.54) is 43.0 Å². The molecule has 2 fully saturated rings. The molecule has 1 saturated heterocycles. The first-order valence-electron chi connectivity index (χ1n) is 11.8. The smallest absolute Gasteiger partial charge is 0.253 e. The van der Waals surface area contributed by atoms with Crippen molar-refractivity contribution in [3.8, 4) is 0 Å². The Morgan fingerprint density at radius 1 is 1.17 bits per heavy atom. The highest BCUT2D eigenvalue weighted by Crippen LogP contribution is 2.36. The molecule has 194 valence electrons. The Hall–Kier alpha value is -2.27. The van der Waals surface area contributed by atoms with Crippen LogP contribution in [-0.4, -0.2) is 62.2 Å². The fourth-order valence-electron chi connectivity index (χ4n) is 4.92. The number of carbonyl (C=O) groups excluding carboxylic acids is 2. The van der Waals surface area contributed by atoms with Gasteiger partial charge in [-0.3, -0.25) is 9.59 Å². The van der Waals surface area contributed by atoms with Crippen LogP contribution >= 0.6 is 22.9 Å². The fraction of sp³-hybridized carbons (Fsp3) is 0.440. The van der Waals surface area contributed by atoms with Gasteiger partial charge >= 0.3 is 0 Å². The molecule has 1 aliphatic carbocycles. The molecule has 2 amide bonds. The van der Waals surface area contributed by atoms with Gasteiger partial charge in [-0.1, -0.05) is 24.4 Å². The number of nitrogens with zero attached hydrogens (tertiary/aromatic N) is 3. The van der Waals surface area contributed by atoms with E-state index in [1.807, 2.05) is 0 Å². The van der Waals surface area contributed by atoms with Gasteiger partial charge in [0.1, 0.15) is 11.9 Å². The normalized spacial score (nSPS) is 19.5. The first-order valence-corrected chi connectivity index (χ1v) is 14.5. The lowest BCUT2D eigenvalue weighted by atomic mass is 10.1. The van der Waals surface area contributed by atoms with E-state index in [9.17, 15) is 18.0 Å². The van der Waals surface area contributed by atoms with Gasteiger partial charge in [0.05, 0.1) is 15.4 Å². The minimum atomic E-state index is -3.96. The summed E-state index contributed by atoms with van der Waals surface area (Å²) in [5.74, 6) is -1.50. The number of benzene rings is 1. The summed E-state index contributed by atoms with van der Waals surface area (Å²) >= 11 is 7.31. The van der Waals surface area contributed by atoms with Crippen molar-refractivity contribution in [3.63, 3.8) is 0 Å². The highest BCUT2D eigenvalue weighted by Gasteiger charge is 2.45. The SMILES string of the molecule is C/C(=C\S(=O)(=O)N(C1CCCC1)C1CCN(c2ccc(C(=O)N(C)C)cc2F)C1=O)c1ccc(Cl)s1. The third kappa shape index (κ3) is 5.37. The molecule has 1 saturated carbocycles. The van der Waals surface area contributed by atoms with Crippen LogP contribution in [0.1, 0.15) is 54.3 Å². The number of halogens is 2. The van der Waals surface area contributed by atoms with Crippen LogP contribution in [0.15, 0.2) is 35.7 Å². The van der Waals surface area contributed by atoms with Crippen LogP contribution in [0.3, 0.4) is 0 Å². The number of thiophene rings is 1. The molecule has 2 heterocycles. The molecule has 0 N–H and O–H groups in total. The zero-order valence-electron chi connectivity index (χ0n) is 20.4. The summed E-state index contributed by atoms with van der Waals surface area (Å²) in [5.41, 5.74) is 0.764. The molecule has 1 aromatic heterocycles. The summed E-state index contributed by atoms with van der Waals surface area (Å²) < 4.78 is 44.3. The van der Waals surface area contributed by atoms with Crippen LogP contribution < -0.4 is 4.90 Å². The van der Waals surface area contributed by atoms with Gasteiger partial charge in [-0.15, -0.1) is 11.3 Å². The van der Waals surface area contributed by atoms with Crippen molar-refractivity contribution in [2.24, 2.45) is 0 Å². The number of anilines is 1. The zero-order valence-corrected chi connectivity index (χ0v) is 22.8. The van der Waals surface area contributed by atoms with Crippen LogP contribution in [0, 0.1) is 5.82 Å². The topological polar surface area (TPSA) is 78.0 Å². The van der Waals surface area contributed by atoms with Crippen molar-refractivity contribution in [3.05, 3.63) is 56.3 Å². The number of hydrogen-bond acceptors (Lipinski definition) is 5. The fourth-order valence-corrected chi connectivity index (χ4v) is 7.89. The van der Waals surface area contributed by atoms with E-state index in [0.29, 0.717) is 22.8 Å². The summed E-state index contributed by atoms with van der Waals surface area (Å²) in [4.78, 5) is 29.1. The van der Waals surface area contributed by atoms with Crippen molar-refractivity contribution in [2.75, 3.05) is 25.5 Å². The van der Waals surface area contributed by atoms with Gasteiger partial charge in [0.2, 0.25) is 15.9 Å². The molecule has 1 aliphatic heterocycles. The summed E-state index contributed by atoms with van der Waals surface area (Å²) in [6.07, 6.45) is 3.39. The Labute approximate surface area is 220 Å². The third-order valence-electron chi connectivity index (χ3n) is 6.64. The first-order chi connectivity index (χ1) is 17.0. The second-order valence-electron chi connectivity index (χ2n) is 9.38. The van der Waals surface area contributed by atoms with E-state index in [4.69, 9.17) is 11.6 Å². The Kier molecular flexibility index (Phi) is 7.89. The average molecular weight is 554 g/mol. The molecule has 2 aliphatic rings. The van der Waals surface area contributed by atoms with Gasteiger partial charge in [-0.05, 0) is 62.1 Å². The van der Waals surface area contributed by atoms with Gasteiger partial charge < -0.3 is 9.80 Å². The van der Waals surface area contributed by atoms with E-state index in [-0.39, 0.29) is 36.2 Å². The lowest BCUT2D eigenvalue weighted by Crippen LogP contribution is -2.49. The Morgan fingerprint density at radius 2 is 1.86 bits per heavy atom. The Balaban J connectivity index is 1.64. The summed E-state index contributed by atoms with van der Waals surface area (Å²) in [5, 5.41) is 1.21. The van der Waals surface area contributed by atoms with E-state index in [2.05, 4.69) is 0 Å². The standard InChI is InChI=1S/C25H29ClFN3O4S2/c1-16(22-10-11-23(26)35-22)15-36(33,34)30(18-6-4-5-7-18)21-12-13-29(25(21)32)20-9-8-17(14-19(20)27)24(31)28(2)3/h8-11,14-15,18,21H,4-7,12-13H2,1-3H3/b16-15+. The second-order valence-corrected chi connectivity index (χ2v) is 12.8. The first kappa shape index (κ1) is 26.8. The van der Waals surface area contributed by atoms with Crippen molar-refractivity contribution < 1.29 is 22.4 Å². The van der Waals surface area contributed by atoms with E-state index in [0.717, 1.165) is 23.8 Å². The lowest BCUT2D eigenvalue weighted by molar-refractivity contribution is -0.120. The summed E-state index contributed by atoms with van der Waals surface area (Å²) in [6.45, 7) is 1.89. The third-order valence-corrected chi connectivity index (χ3v) is 9.80. The van der Waals surface area contributed by atoms with Gasteiger partial charge in [0, 0.05) is 37.1 Å². The molecule has 1 atom stereocenters. The summed E-state index contributed by atoms with van der Waals surface area (Å²) in [6, 6.07) is 6.27. The van der Waals surface area contributed by atoms with Crippen molar-refractivity contribution in [1.29, 1.82) is 0 Å². The molecule has 2 aromatic rings. The summed E-state index contributed by atoms with van der Waals surface area (Å²) in [7, 11) is -0.813. The minimum absolute atomic E-state index is 0.0431. The van der Waals surface area contributed by atoms with Gasteiger partial charge in [-0.25, -0.2) is 12.8 Å². The maximum atomic E-state index is 15.0. The number of allylic oxidation sites excluding steroid dienone is 1. The van der Waals surface area contributed by atoms with Crippen molar-refractivity contribution in [2.45, 2.75) is 51.1 Å². The minimum Gasteiger partial charge on any atom is -0.345 e. The lowest BCUT2D eigenvalue weighted by Gasteiger charge is -2.31. The molecule has 36 heavy (non-hydrogen) atoms. The van der Waals surface area contributed by atoms with Crippen molar-refractivity contribution >= 4 is 56.0 Å². The van der Waals surface area contributed by atoms with Gasteiger partial charge in [0.15, 0.2) is 0 Å².